The maximum Gasteiger partial charge on any atom is 0.302 e. The summed E-state index contributed by atoms with van der Waals surface area (Å²) in [6, 6.07) is 0. The molecule has 0 aliphatic heterocycles. The van der Waals surface area contributed by atoms with Crippen LogP contribution in [0.25, 0.3) is 0 Å². The Hall–Kier alpha value is -1.49. The molecule has 0 bridgehead atoms. The van der Waals surface area contributed by atoms with E-state index in [1.807, 2.05) is 13.8 Å². The second kappa shape index (κ2) is 6.54. The summed E-state index contributed by atoms with van der Waals surface area (Å²) < 4.78 is 5.01. The Kier molecular flexibility index (Phi) is 4.91. The number of carbonyl (C=O) groups is 3. The van der Waals surface area contributed by atoms with Gasteiger partial charge in [-0.05, 0) is 54.4 Å². The first-order valence-corrected chi connectivity index (χ1v) is 9.98. The van der Waals surface area contributed by atoms with Gasteiger partial charge in [0.25, 0.3) is 0 Å². The molecule has 6 atom stereocenters. The summed E-state index contributed by atoms with van der Waals surface area (Å²) in [4.78, 5) is 36.6. The standard InChI is InChI=1S/C22H32O5/c1-13-8-15(24)9-18-21(4)7-6-20(3,19(26)12-27-14(2)23)10-16(21)17(25)11-22(13,18)5/h8,16,18-19,26H,6-7,9-12H2,1-5H3. The molecule has 2 fully saturated rings. The highest BCUT2D eigenvalue weighted by atomic mass is 16.5. The largest absolute Gasteiger partial charge is 0.463 e. The molecule has 0 amide bonds. The second-order valence-corrected chi connectivity index (χ2v) is 9.85. The van der Waals surface area contributed by atoms with Crippen LogP contribution >= 0.6 is 0 Å². The topological polar surface area (TPSA) is 80.7 Å². The third-order valence-electron chi connectivity index (χ3n) is 8.13. The fraction of sp³-hybridized carbons (Fsp3) is 0.773. The van der Waals surface area contributed by atoms with E-state index in [1.165, 1.54) is 6.92 Å². The number of carbonyl (C=O) groups excluding carboxylic acids is 3. The van der Waals surface area contributed by atoms with Crippen molar-refractivity contribution < 1.29 is 24.2 Å². The van der Waals surface area contributed by atoms with Crippen molar-refractivity contribution in [1.82, 2.24) is 0 Å². The number of esters is 1. The Morgan fingerprint density at radius 2 is 1.96 bits per heavy atom. The fourth-order valence-corrected chi connectivity index (χ4v) is 6.00. The van der Waals surface area contributed by atoms with Gasteiger partial charge in [-0.1, -0.05) is 26.3 Å². The molecule has 5 nitrogen and oxygen atoms in total. The summed E-state index contributed by atoms with van der Waals surface area (Å²) in [5, 5.41) is 10.7. The smallest absolute Gasteiger partial charge is 0.302 e. The Morgan fingerprint density at radius 1 is 1.30 bits per heavy atom. The van der Waals surface area contributed by atoms with Crippen LogP contribution in [-0.4, -0.2) is 35.4 Å². The summed E-state index contributed by atoms with van der Waals surface area (Å²) in [5.74, 6) is -0.0253. The van der Waals surface area contributed by atoms with E-state index in [1.54, 1.807) is 6.08 Å². The second-order valence-electron chi connectivity index (χ2n) is 9.85. The van der Waals surface area contributed by atoms with Crippen LogP contribution in [-0.2, 0) is 19.1 Å². The zero-order valence-corrected chi connectivity index (χ0v) is 17.1. The molecule has 3 aliphatic rings. The minimum atomic E-state index is -0.790. The zero-order chi connectivity index (χ0) is 20.2. The molecule has 0 saturated heterocycles. The van der Waals surface area contributed by atoms with Crippen LogP contribution in [0.3, 0.4) is 0 Å². The van der Waals surface area contributed by atoms with Gasteiger partial charge < -0.3 is 9.84 Å². The summed E-state index contributed by atoms with van der Waals surface area (Å²) >= 11 is 0. The maximum atomic E-state index is 13.2. The average Bonchev–Trinajstić information content (AvgIpc) is 2.57. The molecule has 0 aromatic rings. The first-order chi connectivity index (χ1) is 12.4. The molecule has 1 N–H and O–H groups in total. The van der Waals surface area contributed by atoms with Crippen molar-refractivity contribution in [2.24, 2.45) is 28.1 Å². The highest BCUT2D eigenvalue weighted by Gasteiger charge is 2.62. The molecule has 150 valence electrons. The SMILES string of the molecule is CC(=O)OCC(O)C1(C)CCC2(C)C(C1)C(=O)CC1(C)C(C)=CC(=O)CC12. The van der Waals surface area contributed by atoms with Gasteiger partial charge in [0.1, 0.15) is 12.4 Å². The van der Waals surface area contributed by atoms with E-state index in [4.69, 9.17) is 4.74 Å². The Bertz CT molecular complexity index is 709. The predicted molar refractivity (Wildman–Crippen MR) is 101 cm³/mol. The number of hydrogen-bond acceptors (Lipinski definition) is 5. The van der Waals surface area contributed by atoms with Crippen molar-refractivity contribution in [3.63, 3.8) is 0 Å². The van der Waals surface area contributed by atoms with Crippen LogP contribution in [0.1, 0.15) is 66.7 Å². The van der Waals surface area contributed by atoms with E-state index in [9.17, 15) is 19.5 Å². The molecular weight excluding hydrogens is 344 g/mol. The average molecular weight is 376 g/mol. The van der Waals surface area contributed by atoms with Gasteiger partial charge in [0.15, 0.2) is 5.78 Å². The van der Waals surface area contributed by atoms with Crippen molar-refractivity contribution in [3.05, 3.63) is 11.6 Å². The highest BCUT2D eigenvalue weighted by Crippen LogP contribution is 2.65. The number of Topliss-reactive ketones (excluding diaryl/α,β-unsaturated/α-hetero) is 1. The third-order valence-corrected chi connectivity index (χ3v) is 8.13. The monoisotopic (exact) mass is 376 g/mol. The number of ketones is 2. The number of hydrogen-bond donors (Lipinski definition) is 1. The van der Waals surface area contributed by atoms with E-state index in [0.717, 1.165) is 18.4 Å². The molecule has 0 spiro atoms. The van der Waals surface area contributed by atoms with Crippen molar-refractivity contribution in [3.8, 4) is 0 Å². The van der Waals surface area contributed by atoms with Crippen molar-refractivity contribution >= 4 is 17.5 Å². The number of ether oxygens (including phenoxy) is 1. The molecule has 5 heteroatoms. The molecule has 3 aliphatic carbocycles. The van der Waals surface area contributed by atoms with Gasteiger partial charge in [-0.15, -0.1) is 0 Å². The lowest BCUT2D eigenvalue weighted by atomic mass is 9.42. The van der Waals surface area contributed by atoms with Crippen molar-refractivity contribution in [2.45, 2.75) is 72.8 Å². The summed E-state index contributed by atoms with van der Waals surface area (Å²) in [7, 11) is 0. The van der Waals surface area contributed by atoms with E-state index in [2.05, 4.69) is 13.8 Å². The molecule has 2 saturated carbocycles. The van der Waals surface area contributed by atoms with E-state index >= 15 is 0 Å². The molecule has 0 radical (unpaired) electrons. The maximum absolute atomic E-state index is 13.2. The van der Waals surface area contributed by atoms with Crippen LogP contribution in [0.4, 0.5) is 0 Å². The Labute approximate surface area is 161 Å². The minimum Gasteiger partial charge on any atom is -0.463 e. The molecule has 0 aromatic heterocycles. The van der Waals surface area contributed by atoms with Gasteiger partial charge in [0, 0.05) is 25.7 Å². The van der Waals surface area contributed by atoms with E-state index < -0.39 is 17.5 Å². The molecule has 3 rings (SSSR count). The van der Waals surface area contributed by atoms with Gasteiger partial charge in [0.05, 0.1) is 6.10 Å². The van der Waals surface area contributed by atoms with Crippen LogP contribution in [0.5, 0.6) is 0 Å². The van der Waals surface area contributed by atoms with Crippen LogP contribution in [0, 0.1) is 28.1 Å². The zero-order valence-electron chi connectivity index (χ0n) is 17.1. The highest BCUT2D eigenvalue weighted by molar-refractivity contribution is 5.93. The van der Waals surface area contributed by atoms with E-state index in [0.29, 0.717) is 19.3 Å². The molecule has 0 heterocycles. The van der Waals surface area contributed by atoms with Crippen LogP contribution in [0.2, 0.25) is 0 Å². The third kappa shape index (κ3) is 3.18. The molecule has 6 unspecified atom stereocenters. The first-order valence-electron chi connectivity index (χ1n) is 9.98. The van der Waals surface area contributed by atoms with Crippen LogP contribution < -0.4 is 0 Å². The Morgan fingerprint density at radius 3 is 2.59 bits per heavy atom. The number of aliphatic hydroxyl groups excluding tert-OH is 1. The normalized spacial score (nSPS) is 42.7. The number of rotatable bonds is 3. The number of aliphatic hydroxyl groups is 1. The number of allylic oxidation sites excluding steroid dienone is 2. The minimum absolute atomic E-state index is 0.0368. The quantitative estimate of drug-likeness (QED) is 0.765. The fourth-order valence-electron chi connectivity index (χ4n) is 6.00. The van der Waals surface area contributed by atoms with Gasteiger partial charge in [-0.25, -0.2) is 0 Å². The summed E-state index contributed by atoms with van der Waals surface area (Å²) in [5.41, 5.74) is 0.0723. The molecular formula is C22H32O5. The summed E-state index contributed by atoms with van der Waals surface area (Å²) in [6.07, 6.45) is 4.01. The van der Waals surface area contributed by atoms with Gasteiger partial charge in [-0.3, -0.25) is 14.4 Å². The predicted octanol–water partition coefficient (Wildman–Crippen LogP) is 3.24. The van der Waals surface area contributed by atoms with Gasteiger partial charge in [-0.2, -0.15) is 0 Å². The summed E-state index contributed by atoms with van der Waals surface area (Å²) in [6.45, 7) is 9.56. The van der Waals surface area contributed by atoms with Gasteiger partial charge in [0.2, 0.25) is 0 Å². The van der Waals surface area contributed by atoms with E-state index in [-0.39, 0.29) is 40.8 Å². The van der Waals surface area contributed by atoms with Gasteiger partial charge >= 0.3 is 5.97 Å². The first kappa shape index (κ1) is 20.2. The Balaban J connectivity index is 1.89. The molecule has 0 aromatic carbocycles. The lowest BCUT2D eigenvalue weighted by molar-refractivity contribution is -0.167. The van der Waals surface area contributed by atoms with Crippen LogP contribution in [0.15, 0.2) is 11.6 Å². The lowest BCUT2D eigenvalue weighted by Crippen LogP contribution is -2.59. The number of fused-ring (bicyclic) bond motifs is 3. The van der Waals surface area contributed by atoms with Crippen molar-refractivity contribution in [2.75, 3.05) is 6.61 Å². The van der Waals surface area contributed by atoms with Crippen molar-refractivity contribution in [1.29, 1.82) is 0 Å². The lowest BCUT2D eigenvalue weighted by Gasteiger charge is -2.61. The molecule has 27 heavy (non-hydrogen) atoms.